The van der Waals surface area contributed by atoms with Crippen LogP contribution in [0.3, 0.4) is 0 Å². The fourth-order valence-corrected chi connectivity index (χ4v) is 2.77. The van der Waals surface area contributed by atoms with Gasteiger partial charge in [0.1, 0.15) is 5.78 Å². The van der Waals surface area contributed by atoms with Gasteiger partial charge in [0.2, 0.25) is 0 Å². The minimum Gasteiger partial charge on any atom is -0.299 e. The van der Waals surface area contributed by atoms with E-state index in [2.05, 4.69) is 27.5 Å². The Morgan fingerprint density at radius 1 is 1.37 bits per heavy atom. The summed E-state index contributed by atoms with van der Waals surface area (Å²) in [6, 6.07) is 7.64. The highest BCUT2D eigenvalue weighted by atomic mass is 127. The molecule has 0 aliphatic carbocycles. The molecule has 0 radical (unpaired) electrons. The highest BCUT2D eigenvalue weighted by Gasteiger charge is 2.26. The minimum atomic E-state index is 0.110. The lowest BCUT2D eigenvalue weighted by molar-refractivity contribution is -0.126. The highest BCUT2D eigenvalue weighted by molar-refractivity contribution is 14.1. The molecular weight excluding hydrogens is 353 g/mol. The molecule has 0 saturated carbocycles. The second kappa shape index (κ2) is 6.61. The molecule has 1 fully saturated rings. The molecule has 1 aliphatic rings. The molecule has 1 aromatic carbocycles. The van der Waals surface area contributed by atoms with E-state index in [1.807, 2.05) is 31.2 Å². The van der Waals surface area contributed by atoms with Gasteiger partial charge < -0.3 is 0 Å². The van der Waals surface area contributed by atoms with Gasteiger partial charge in [-0.05, 0) is 41.1 Å². The standard InChI is InChI=1S/C15H18INO2/c1-2-11-9-17(8-7-14(11)18)10-15(19)12-3-5-13(16)6-4-12/h3-6,11H,2,7-10H2,1H3. The molecule has 1 heterocycles. The zero-order valence-electron chi connectivity index (χ0n) is 11.1. The maximum absolute atomic E-state index is 12.2. The fourth-order valence-electron chi connectivity index (χ4n) is 2.41. The summed E-state index contributed by atoms with van der Waals surface area (Å²) in [4.78, 5) is 25.9. The number of hydrogen-bond acceptors (Lipinski definition) is 3. The zero-order valence-corrected chi connectivity index (χ0v) is 13.2. The van der Waals surface area contributed by atoms with Crippen LogP contribution >= 0.6 is 22.6 Å². The molecule has 1 saturated heterocycles. The molecule has 102 valence electrons. The first-order chi connectivity index (χ1) is 9.10. The summed E-state index contributed by atoms with van der Waals surface area (Å²) >= 11 is 2.23. The number of hydrogen-bond donors (Lipinski definition) is 0. The number of nitrogens with zero attached hydrogens (tertiary/aromatic N) is 1. The van der Waals surface area contributed by atoms with Crippen molar-refractivity contribution in [2.45, 2.75) is 19.8 Å². The van der Waals surface area contributed by atoms with Crippen LogP contribution < -0.4 is 0 Å². The van der Waals surface area contributed by atoms with Gasteiger partial charge in [-0.1, -0.05) is 19.1 Å². The first kappa shape index (κ1) is 14.7. The van der Waals surface area contributed by atoms with Crippen molar-refractivity contribution in [1.82, 2.24) is 4.90 Å². The smallest absolute Gasteiger partial charge is 0.176 e. The number of piperidine rings is 1. The molecule has 2 rings (SSSR count). The van der Waals surface area contributed by atoms with Crippen LogP contribution in [0.15, 0.2) is 24.3 Å². The molecule has 0 bridgehead atoms. The molecule has 0 spiro atoms. The first-order valence-corrected chi connectivity index (χ1v) is 7.72. The quantitative estimate of drug-likeness (QED) is 0.604. The molecule has 1 atom stereocenters. The Bertz CT molecular complexity index is 470. The van der Waals surface area contributed by atoms with E-state index < -0.39 is 0 Å². The van der Waals surface area contributed by atoms with Crippen LogP contribution in [0.5, 0.6) is 0 Å². The second-order valence-corrected chi connectivity index (χ2v) is 6.23. The van der Waals surface area contributed by atoms with E-state index in [-0.39, 0.29) is 11.7 Å². The summed E-state index contributed by atoms with van der Waals surface area (Å²) in [6.45, 7) is 3.90. The third kappa shape index (κ3) is 3.86. The Morgan fingerprint density at radius 2 is 2.05 bits per heavy atom. The van der Waals surface area contributed by atoms with Gasteiger partial charge in [-0.25, -0.2) is 0 Å². The van der Waals surface area contributed by atoms with Gasteiger partial charge in [0.05, 0.1) is 6.54 Å². The second-order valence-electron chi connectivity index (χ2n) is 4.99. The van der Waals surface area contributed by atoms with E-state index in [4.69, 9.17) is 0 Å². The van der Waals surface area contributed by atoms with Crippen molar-refractivity contribution in [2.75, 3.05) is 19.6 Å². The van der Waals surface area contributed by atoms with Crippen molar-refractivity contribution in [3.05, 3.63) is 33.4 Å². The van der Waals surface area contributed by atoms with Gasteiger partial charge in [-0.3, -0.25) is 14.5 Å². The lowest BCUT2D eigenvalue weighted by Crippen LogP contribution is -2.42. The van der Waals surface area contributed by atoms with Gasteiger partial charge >= 0.3 is 0 Å². The van der Waals surface area contributed by atoms with Crippen molar-refractivity contribution < 1.29 is 9.59 Å². The summed E-state index contributed by atoms with van der Waals surface area (Å²) in [6.07, 6.45) is 1.45. The van der Waals surface area contributed by atoms with E-state index >= 15 is 0 Å². The number of ketones is 2. The highest BCUT2D eigenvalue weighted by Crippen LogP contribution is 2.16. The van der Waals surface area contributed by atoms with Crippen LogP contribution in [0.2, 0.25) is 0 Å². The van der Waals surface area contributed by atoms with Crippen LogP contribution in [-0.4, -0.2) is 36.1 Å². The molecule has 1 aliphatic heterocycles. The average Bonchev–Trinajstić information content (AvgIpc) is 2.41. The van der Waals surface area contributed by atoms with E-state index in [0.717, 1.165) is 22.1 Å². The Labute approximate surface area is 127 Å². The van der Waals surface area contributed by atoms with Gasteiger partial charge in [0.25, 0.3) is 0 Å². The lowest BCUT2D eigenvalue weighted by atomic mass is 9.94. The van der Waals surface area contributed by atoms with E-state index in [1.54, 1.807) is 0 Å². The molecule has 4 heteroatoms. The number of benzene rings is 1. The molecule has 3 nitrogen and oxygen atoms in total. The Hall–Kier alpha value is -0.750. The average molecular weight is 371 g/mol. The number of carbonyl (C=O) groups excluding carboxylic acids is 2. The number of Topliss-reactive ketones (excluding diaryl/α,β-unsaturated/α-hetero) is 2. The van der Waals surface area contributed by atoms with Crippen molar-refractivity contribution in [3.63, 3.8) is 0 Å². The van der Waals surface area contributed by atoms with Crippen molar-refractivity contribution in [2.24, 2.45) is 5.92 Å². The molecule has 0 aromatic heterocycles. The molecule has 1 aromatic rings. The van der Waals surface area contributed by atoms with Gasteiger partial charge in [0.15, 0.2) is 5.78 Å². The summed E-state index contributed by atoms with van der Waals surface area (Å²) < 4.78 is 1.13. The molecule has 0 N–H and O–H groups in total. The lowest BCUT2D eigenvalue weighted by Gasteiger charge is -2.30. The number of rotatable bonds is 4. The number of halogens is 1. The van der Waals surface area contributed by atoms with Crippen LogP contribution in [0, 0.1) is 9.49 Å². The van der Waals surface area contributed by atoms with Crippen LogP contribution in [0.4, 0.5) is 0 Å². The summed E-state index contributed by atoms with van der Waals surface area (Å²) in [5, 5.41) is 0. The topological polar surface area (TPSA) is 37.4 Å². The third-order valence-electron chi connectivity index (χ3n) is 3.63. The zero-order chi connectivity index (χ0) is 13.8. The molecule has 19 heavy (non-hydrogen) atoms. The number of carbonyl (C=O) groups is 2. The summed E-state index contributed by atoms with van der Waals surface area (Å²) in [5.74, 6) is 0.597. The largest absolute Gasteiger partial charge is 0.299 e. The van der Waals surface area contributed by atoms with E-state index in [9.17, 15) is 9.59 Å². The van der Waals surface area contributed by atoms with E-state index in [1.165, 1.54) is 0 Å². The van der Waals surface area contributed by atoms with Crippen molar-refractivity contribution in [3.8, 4) is 0 Å². The minimum absolute atomic E-state index is 0.110. The fraction of sp³-hybridized carbons (Fsp3) is 0.467. The summed E-state index contributed by atoms with van der Waals surface area (Å²) in [7, 11) is 0. The Kier molecular flexibility index (Phi) is 5.10. The maximum atomic E-state index is 12.2. The predicted molar refractivity (Wildman–Crippen MR) is 83.3 cm³/mol. The third-order valence-corrected chi connectivity index (χ3v) is 4.35. The normalized spacial score (nSPS) is 20.5. The Morgan fingerprint density at radius 3 is 2.68 bits per heavy atom. The summed E-state index contributed by atoms with van der Waals surface area (Å²) in [5.41, 5.74) is 0.755. The number of likely N-dealkylation sites (tertiary alicyclic amines) is 1. The van der Waals surface area contributed by atoms with Gasteiger partial charge in [0, 0.05) is 34.6 Å². The van der Waals surface area contributed by atoms with Crippen LogP contribution in [0.1, 0.15) is 30.1 Å². The molecule has 1 unspecified atom stereocenters. The van der Waals surface area contributed by atoms with Crippen molar-refractivity contribution in [1.29, 1.82) is 0 Å². The maximum Gasteiger partial charge on any atom is 0.176 e. The van der Waals surface area contributed by atoms with E-state index in [0.29, 0.717) is 25.3 Å². The Balaban J connectivity index is 1.95. The molecule has 0 amide bonds. The van der Waals surface area contributed by atoms with Gasteiger partial charge in [-0.15, -0.1) is 0 Å². The monoisotopic (exact) mass is 371 g/mol. The van der Waals surface area contributed by atoms with Crippen molar-refractivity contribution >= 4 is 34.2 Å². The first-order valence-electron chi connectivity index (χ1n) is 6.64. The predicted octanol–water partition coefficient (Wildman–Crippen LogP) is 2.77. The van der Waals surface area contributed by atoms with Crippen LogP contribution in [-0.2, 0) is 4.79 Å². The van der Waals surface area contributed by atoms with Gasteiger partial charge in [-0.2, -0.15) is 0 Å². The SMILES string of the molecule is CCC1CN(CC(=O)c2ccc(I)cc2)CCC1=O. The molecular formula is C15H18INO2. The van der Waals surface area contributed by atoms with Crippen LogP contribution in [0.25, 0.3) is 0 Å².